The van der Waals surface area contributed by atoms with E-state index in [-0.39, 0.29) is 17.6 Å². The zero-order chi connectivity index (χ0) is 17.9. The third-order valence-corrected chi connectivity index (χ3v) is 5.58. The number of carbonyl (C=O) groups is 1. The lowest BCUT2D eigenvalue weighted by atomic mass is 9.93. The normalized spacial score (nSPS) is 20.7. The predicted molar refractivity (Wildman–Crippen MR) is 102 cm³/mol. The molecule has 26 heavy (non-hydrogen) atoms. The molecular weight excluding hydrogens is 327 g/mol. The van der Waals surface area contributed by atoms with Crippen LogP contribution in [0.3, 0.4) is 0 Å². The van der Waals surface area contributed by atoms with E-state index < -0.39 is 0 Å². The first-order chi connectivity index (χ1) is 12.7. The van der Waals surface area contributed by atoms with Gasteiger partial charge in [-0.1, -0.05) is 36.4 Å². The van der Waals surface area contributed by atoms with Crippen LogP contribution in [-0.2, 0) is 17.8 Å². The molecule has 4 heteroatoms. The average Bonchev–Trinajstić information content (AvgIpc) is 2.69. The molecule has 1 amide bonds. The van der Waals surface area contributed by atoms with Crippen molar-refractivity contribution in [2.45, 2.75) is 32.2 Å². The van der Waals surface area contributed by atoms with Crippen LogP contribution in [0.15, 0.2) is 48.5 Å². The Morgan fingerprint density at radius 2 is 1.85 bits per heavy atom. The van der Waals surface area contributed by atoms with Gasteiger partial charge in [-0.05, 0) is 49.9 Å². The topological polar surface area (TPSA) is 23.6 Å². The number of rotatable bonds is 3. The van der Waals surface area contributed by atoms with Crippen LogP contribution in [-0.4, -0.2) is 30.4 Å². The van der Waals surface area contributed by atoms with E-state index in [4.69, 9.17) is 0 Å². The van der Waals surface area contributed by atoms with Crippen molar-refractivity contribution < 1.29 is 9.18 Å². The van der Waals surface area contributed by atoms with Crippen molar-refractivity contribution in [3.8, 4) is 0 Å². The Bertz CT molecular complexity index is 791. The minimum absolute atomic E-state index is 0.00156. The van der Waals surface area contributed by atoms with E-state index in [1.807, 2.05) is 29.2 Å². The summed E-state index contributed by atoms with van der Waals surface area (Å²) < 4.78 is 14.0. The van der Waals surface area contributed by atoms with E-state index >= 15 is 0 Å². The number of halogens is 1. The van der Waals surface area contributed by atoms with Gasteiger partial charge in [-0.3, -0.25) is 9.69 Å². The molecule has 2 aromatic carbocycles. The van der Waals surface area contributed by atoms with Gasteiger partial charge in [0.25, 0.3) is 0 Å². The van der Waals surface area contributed by atoms with Gasteiger partial charge >= 0.3 is 0 Å². The van der Waals surface area contributed by atoms with Crippen molar-refractivity contribution in [3.63, 3.8) is 0 Å². The van der Waals surface area contributed by atoms with E-state index in [1.165, 1.54) is 11.6 Å². The number of amides is 1. The number of carbonyl (C=O) groups excluding carboxylic acids is 1. The number of hydrogen-bond donors (Lipinski definition) is 0. The molecule has 0 bridgehead atoms. The third kappa shape index (κ3) is 3.51. The number of anilines is 1. The molecule has 2 heterocycles. The smallest absolute Gasteiger partial charge is 0.231 e. The number of fused-ring (bicyclic) bond motifs is 1. The van der Waals surface area contributed by atoms with E-state index in [0.29, 0.717) is 18.7 Å². The molecule has 2 aliphatic rings. The fraction of sp³-hybridized carbons (Fsp3) is 0.409. The Hall–Kier alpha value is -2.20. The highest BCUT2D eigenvalue weighted by Gasteiger charge is 2.32. The average molecular weight is 352 g/mol. The van der Waals surface area contributed by atoms with Crippen molar-refractivity contribution >= 4 is 11.6 Å². The molecule has 1 fully saturated rings. The van der Waals surface area contributed by atoms with Crippen molar-refractivity contribution in [1.82, 2.24) is 4.90 Å². The summed E-state index contributed by atoms with van der Waals surface area (Å²) in [6.45, 7) is 3.02. The second-order valence-electron chi connectivity index (χ2n) is 7.39. The zero-order valence-corrected chi connectivity index (χ0v) is 15.0. The van der Waals surface area contributed by atoms with Gasteiger partial charge in [0.05, 0.1) is 5.92 Å². The maximum atomic E-state index is 14.0. The number of para-hydroxylation sites is 1. The zero-order valence-electron chi connectivity index (χ0n) is 15.0. The Labute approximate surface area is 154 Å². The maximum Gasteiger partial charge on any atom is 0.231 e. The van der Waals surface area contributed by atoms with E-state index in [2.05, 4.69) is 17.0 Å². The first-order valence-corrected chi connectivity index (χ1v) is 9.57. The number of aryl methyl sites for hydroxylation is 1. The summed E-state index contributed by atoms with van der Waals surface area (Å²) in [5, 5.41) is 0. The summed E-state index contributed by atoms with van der Waals surface area (Å²) in [5.41, 5.74) is 3.06. The molecule has 1 saturated heterocycles. The molecule has 0 N–H and O–H groups in total. The molecule has 0 radical (unpaired) electrons. The van der Waals surface area contributed by atoms with E-state index in [9.17, 15) is 9.18 Å². The molecule has 0 aromatic heterocycles. The lowest BCUT2D eigenvalue weighted by Crippen LogP contribution is -2.46. The van der Waals surface area contributed by atoms with Crippen LogP contribution in [0, 0.1) is 11.7 Å². The molecule has 0 spiro atoms. The molecule has 136 valence electrons. The monoisotopic (exact) mass is 352 g/mol. The molecule has 1 unspecified atom stereocenters. The molecular formula is C22H25FN2O. The summed E-state index contributed by atoms with van der Waals surface area (Å²) in [6, 6.07) is 15.2. The Morgan fingerprint density at radius 3 is 2.73 bits per heavy atom. The SMILES string of the molecule is O=C(C1CCCN(Cc2ccccc2F)C1)N1CCCc2ccccc21. The van der Waals surface area contributed by atoms with Crippen molar-refractivity contribution in [2.75, 3.05) is 24.5 Å². The number of nitrogens with zero attached hydrogens (tertiary/aromatic N) is 2. The van der Waals surface area contributed by atoms with Gasteiger partial charge in [0, 0.05) is 30.9 Å². The largest absolute Gasteiger partial charge is 0.312 e. The van der Waals surface area contributed by atoms with Crippen LogP contribution in [0.5, 0.6) is 0 Å². The quantitative estimate of drug-likeness (QED) is 0.833. The predicted octanol–water partition coefficient (Wildman–Crippen LogP) is 4.02. The fourth-order valence-electron chi connectivity index (χ4n) is 4.25. The summed E-state index contributed by atoms with van der Waals surface area (Å²) in [4.78, 5) is 17.4. The van der Waals surface area contributed by atoms with Gasteiger partial charge in [0.2, 0.25) is 5.91 Å². The van der Waals surface area contributed by atoms with Gasteiger partial charge in [-0.15, -0.1) is 0 Å². The minimum atomic E-state index is -0.161. The van der Waals surface area contributed by atoms with Gasteiger partial charge in [0.1, 0.15) is 5.82 Å². The molecule has 4 rings (SSSR count). The van der Waals surface area contributed by atoms with Crippen LogP contribution in [0.4, 0.5) is 10.1 Å². The Balaban J connectivity index is 1.46. The highest BCUT2D eigenvalue weighted by atomic mass is 19.1. The summed E-state index contributed by atoms with van der Waals surface area (Å²) >= 11 is 0. The highest BCUT2D eigenvalue weighted by Crippen LogP contribution is 2.30. The van der Waals surface area contributed by atoms with Crippen LogP contribution in [0.1, 0.15) is 30.4 Å². The second-order valence-corrected chi connectivity index (χ2v) is 7.39. The minimum Gasteiger partial charge on any atom is -0.312 e. The Kier molecular flexibility index (Phi) is 5.02. The maximum absolute atomic E-state index is 14.0. The van der Waals surface area contributed by atoms with Crippen LogP contribution >= 0.6 is 0 Å². The number of hydrogen-bond acceptors (Lipinski definition) is 2. The molecule has 0 aliphatic carbocycles. The Morgan fingerprint density at radius 1 is 1.04 bits per heavy atom. The molecule has 2 aromatic rings. The second kappa shape index (κ2) is 7.58. The first kappa shape index (κ1) is 17.2. The fourth-order valence-corrected chi connectivity index (χ4v) is 4.25. The van der Waals surface area contributed by atoms with Gasteiger partial charge in [-0.25, -0.2) is 4.39 Å². The van der Waals surface area contributed by atoms with E-state index in [0.717, 1.165) is 44.5 Å². The standard InChI is InChI=1S/C22H25FN2O/c23-20-11-3-1-8-18(20)15-24-13-5-10-19(16-24)22(26)25-14-6-9-17-7-2-4-12-21(17)25/h1-4,7-8,11-12,19H,5-6,9-10,13-16H2. The summed E-state index contributed by atoms with van der Waals surface area (Å²) in [7, 11) is 0. The molecule has 3 nitrogen and oxygen atoms in total. The summed E-state index contributed by atoms with van der Waals surface area (Å²) in [5.74, 6) is 0.0722. The number of benzene rings is 2. The molecule has 0 saturated carbocycles. The first-order valence-electron chi connectivity index (χ1n) is 9.57. The molecule has 2 aliphatic heterocycles. The lowest BCUT2D eigenvalue weighted by molar-refractivity contribution is -0.124. The van der Waals surface area contributed by atoms with E-state index in [1.54, 1.807) is 6.07 Å². The van der Waals surface area contributed by atoms with Gasteiger partial charge < -0.3 is 4.90 Å². The lowest BCUT2D eigenvalue weighted by Gasteiger charge is -2.37. The third-order valence-electron chi connectivity index (χ3n) is 5.58. The van der Waals surface area contributed by atoms with Crippen molar-refractivity contribution in [1.29, 1.82) is 0 Å². The van der Waals surface area contributed by atoms with Gasteiger partial charge in [0.15, 0.2) is 0 Å². The van der Waals surface area contributed by atoms with Crippen molar-refractivity contribution in [2.24, 2.45) is 5.92 Å². The van der Waals surface area contributed by atoms with Crippen LogP contribution in [0.25, 0.3) is 0 Å². The summed E-state index contributed by atoms with van der Waals surface area (Å²) in [6.07, 6.45) is 3.98. The number of likely N-dealkylation sites (tertiary alicyclic amines) is 1. The van der Waals surface area contributed by atoms with Crippen LogP contribution < -0.4 is 4.90 Å². The van der Waals surface area contributed by atoms with Crippen LogP contribution in [0.2, 0.25) is 0 Å². The van der Waals surface area contributed by atoms with Gasteiger partial charge in [-0.2, -0.15) is 0 Å². The molecule has 1 atom stereocenters. The van der Waals surface area contributed by atoms with Crippen molar-refractivity contribution in [3.05, 3.63) is 65.5 Å². The highest BCUT2D eigenvalue weighted by molar-refractivity contribution is 5.96. The number of piperidine rings is 1.